The van der Waals surface area contributed by atoms with E-state index in [0.717, 1.165) is 19.3 Å². The maximum absolute atomic E-state index is 10.5. The number of thioether (sulfide) groups is 1. The van der Waals surface area contributed by atoms with E-state index in [1.807, 2.05) is 17.2 Å². The van der Waals surface area contributed by atoms with E-state index in [-0.39, 0.29) is 0 Å². The first-order valence-corrected chi connectivity index (χ1v) is 7.23. The van der Waals surface area contributed by atoms with Gasteiger partial charge in [0.25, 0.3) is 0 Å². The van der Waals surface area contributed by atoms with Crippen LogP contribution in [-0.2, 0) is 4.79 Å². The topological polar surface area (TPSA) is 69.6 Å². The van der Waals surface area contributed by atoms with Crippen LogP contribution in [0.4, 0.5) is 0 Å². The van der Waals surface area contributed by atoms with Gasteiger partial charge in [0.2, 0.25) is 0 Å². The Balaban J connectivity index is 3.22. The molecule has 0 radical (unpaired) electrons. The molecule has 0 amide bonds. The van der Waals surface area contributed by atoms with Crippen molar-refractivity contribution in [3.8, 4) is 0 Å². The van der Waals surface area contributed by atoms with Gasteiger partial charge in [0.05, 0.1) is 0 Å². The largest absolute Gasteiger partial charge is 0.480 e. The van der Waals surface area contributed by atoms with E-state index in [4.69, 9.17) is 10.3 Å². The van der Waals surface area contributed by atoms with Gasteiger partial charge in [-0.05, 0) is 24.9 Å². The van der Waals surface area contributed by atoms with Crippen molar-refractivity contribution in [2.24, 2.45) is 0 Å². The third-order valence-corrected chi connectivity index (χ3v) is 3.24. The van der Waals surface area contributed by atoms with Crippen molar-refractivity contribution in [1.29, 1.82) is 0 Å². The second kappa shape index (κ2) is 11.2. The van der Waals surface area contributed by atoms with Crippen molar-refractivity contribution in [1.82, 2.24) is 5.48 Å². The maximum atomic E-state index is 10.5. The first-order chi connectivity index (χ1) is 7.72. The molecule has 0 unspecified atom stereocenters. The van der Waals surface area contributed by atoms with Crippen LogP contribution in [-0.4, -0.2) is 34.3 Å². The number of carboxylic acids is 1. The smallest absolute Gasteiger partial charge is 0.323 e. The fraction of sp³-hybridized carbons (Fsp3) is 0.909. The average molecular weight is 249 g/mol. The van der Waals surface area contributed by atoms with Gasteiger partial charge in [-0.1, -0.05) is 32.1 Å². The highest BCUT2D eigenvalue weighted by Gasteiger charge is 2.14. The molecule has 0 spiro atoms. The number of rotatable bonds is 11. The Hall–Kier alpha value is -0.260. The highest BCUT2D eigenvalue weighted by Crippen LogP contribution is 2.10. The molecule has 1 atom stereocenters. The first-order valence-electron chi connectivity index (χ1n) is 5.83. The van der Waals surface area contributed by atoms with Crippen LogP contribution in [0.1, 0.15) is 44.9 Å². The zero-order valence-electron chi connectivity index (χ0n) is 9.95. The standard InChI is InChI=1S/C11H23NO3S/c1-16-9-7-5-3-2-4-6-8-10(12-15)11(13)14/h10,12,15H,2-9H2,1H3,(H,13,14)/t10-/m0/s1. The molecule has 5 heteroatoms. The highest BCUT2D eigenvalue weighted by atomic mass is 32.2. The molecule has 0 saturated carbocycles. The van der Waals surface area contributed by atoms with Crippen LogP contribution in [0.25, 0.3) is 0 Å². The third kappa shape index (κ3) is 9.00. The second-order valence-corrected chi connectivity index (χ2v) is 4.91. The average Bonchev–Trinajstić information content (AvgIpc) is 2.26. The summed E-state index contributed by atoms with van der Waals surface area (Å²) in [7, 11) is 0. The molecule has 0 saturated heterocycles. The van der Waals surface area contributed by atoms with Crippen LogP contribution in [0.3, 0.4) is 0 Å². The third-order valence-electron chi connectivity index (χ3n) is 2.55. The summed E-state index contributed by atoms with van der Waals surface area (Å²) in [6.07, 6.45) is 9.44. The summed E-state index contributed by atoms with van der Waals surface area (Å²) in [6.45, 7) is 0. The van der Waals surface area contributed by atoms with Crippen LogP contribution in [0, 0.1) is 0 Å². The second-order valence-electron chi connectivity index (χ2n) is 3.92. The fourth-order valence-electron chi connectivity index (χ4n) is 1.55. The van der Waals surface area contributed by atoms with Crippen molar-refractivity contribution < 1.29 is 15.1 Å². The van der Waals surface area contributed by atoms with E-state index in [9.17, 15) is 4.79 Å². The molecule has 0 heterocycles. The molecular weight excluding hydrogens is 226 g/mol. The van der Waals surface area contributed by atoms with Crippen LogP contribution < -0.4 is 5.48 Å². The lowest BCUT2D eigenvalue weighted by Crippen LogP contribution is -2.34. The molecule has 3 N–H and O–H groups in total. The van der Waals surface area contributed by atoms with E-state index in [1.165, 1.54) is 25.0 Å². The van der Waals surface area contributed by atoms with Crippen LogP contribution in [0.15, 0.2) is 0 Å². The number of carbonyl (C=O) groups is 1. The Labute approximate surface area is 102 Å². The molecule has 0 aliphatic heterocycles. The van der Waals surface area contributed by atoms with Crippen molar-refractivity contribution in [3.05, 3.63) is 0 Å². The molecule has 0 aliphatic rings. The normalized spacial score (nSPS) is 12.6. The Morgan fingerprint density at radius 3 is 2.25 bits per heavy atom. The van der Waals surface area contributed by atoms with E-state index in [2.05, 4.69) is 6.26 Å². The number of nitrogens with one attached hydrogen (secondary N) is 1. The Morgan fingerprint density at radius 1 is 1.19 bits per heavy atom. The number of hydrogen-bond donors (Lipinski definition) is 3. The molecule has 16 heavy (non-hydrogen) atoms. The molecule has 0 rings (SSSR count). The SMILES string of the molecule is CSCCCCCCCC[C@H](NO)C(=O)O. The van der Waals surface area contributed by atoms with Crippen molar-refractivity contribution in [2.75, 3.05) is 12.0 Å². The van der Waals surface area contributed by atoms with Gasteiger partial charge >= 0.3 is 5.97 Å². The molecule has 96 valence electrons. The summed E-state index contributed by atoms with van der Waals surface area (Å²) in [5, 5.41) is 17.2. The Kier molecular flexibility index (Phi) is 11.0. The predicted octanol–water partition coefficient (Wildman–Crippen LogP) is 2.51. The number of aliphatic carboxylic acids is 1. The summed E-state index contributed by atoms with van der Waals surface area (Å²) < 4.78 is 0. The molecule has 4 nitrogen and oxygen atoms in total. The van der Waals surface area contributed by atoms with Gasteiger partial charge in [0, 0.05) is 0 Å². The van der Waals surface area contributed by atoms with Gasteiger partial charge in [-0.15, -0.1) is 0 Å². The van der Waals surface area contributed by atoms with Crippen LogP contribution in [0.5, 0.6) is 0 Å². The quantitative estimate of drug-likeness (QED) is 0.388. The monoisotopic (exact) mass is 249 g/mol. The number of hydrogen-bond acceptors (Lipinski definition) is 4. The molecule has 0 aromatic carbocycles. The number of unbranched alkanes of at least 4 members (excludes halogenated alkanes) is 5. The zero-order chi connectivity index (χ0) is 12.2. The summed E-state index contributed by atoms with van der Waals surface area (Å²) in [5.41, 5.74) is 1.82. The van der Waals surface area contributed by atoms with Crippen LogP contribution in [0.2, 0.25) is 0 Å². The minimum atomic E-state index is -0.984. The molecule has 0 aromatic rings. The van der Waals surface area contributed by atoms with Gasteiger partial charge < -0.3 is 10.3 Å². The molecule has 0 aliphatic carbocycles. The molecule has 0 fully saturated rings. The fourth-order valence-corrected chi connectivity index (χ4v) is 2.04. The lowest BCUT2D eigenvalue weighted by atomic mass is 10.1. The predicted molar refractivity (Wildman–Crippen MR) is 67.0 cm³/mol. The van der Waals surface area contributed by atoms with Crippen molar-refractivity contribution >= 4 is 17.7 Å². The minimum Gasteiger partial charge on any atom is -0.480 e. The van der Waals surface area contributed by atoms with Gasteiger partial charge in [0.1, 0.15) is 6.04 Å². The van der Waals surface area contributed by atoms with E-state index >= 15 is 0 Å². The lowest BCUT2D eigenvalue weighted by molar-refractivity contribution is -0.142. The zero-order valence-corrected chi connectivity index (χ0v) is 10.8. The summed E-state index contributed by atoms with van der Waals surface area (Å²) in [5.74, 6) is 0.248. The van der Waals surface area contributed by atoms with Gasteiger partial charge in [-0.25, -0.2) is 0 Å². The van der Waals surface area contributed by atoms with Crippen molar-refractivity contribution in [3.63, 3.8) is 0 Å². The highest BCUT2D eigenvalue weighted by molar-refractivity contribution is 7.98. The maximum Gasteiger partial charge on any atom is 0.323 e. The summed E-state index contributed by atoms with van der Waals surface area (Å²) >= 11 is 1.88. The van der Waals surface area contributed by atoms with E-state index in [0.29, 0.717) is 6.42 Å². The van der Waals surface area contributed by atoms with Gasteiger partial charge in [-0.3, -0.25) is 4.79 Å². The lowest BCUT2D eigenvalue weighted by Gasteiger charge is -2.09. The molecular formula is C11H23NO3S. The van der Waals surface area contributed by atoms with Crippen LogP contribution >= 0.6 is 11.8 Å². The van der Waals surface area contributed by atoms with Gasteiger partial charge in [-0.2, -0.15) is 17.2 Å². The minimum absolute atomic E-state index is 0.497. The first kappa shape index (κ1) is 15.7. The number of carboxylic acid groups (broad SMARTS) is 1. The molecule has 0 aromatic heterocycles. The molecule has 0 bridgehead atoms. The number of hydroxylamine groups is 1. The summed E-state index contributed by atoms with van der Waals surface area (Å²) in [4.78, 5) is 10.5. The van der Waals surface area contributed by atoms with Gasteiger partial charge in [0.15, 0.2) is 0 Å². The Morgan fingerprint density at radius 2 is 1.75 bits per heavy atom. The van der Waals surface area contributed by atoms with E-state index in [1.54, 1.807) is 0 Å². The summed E-state index contributed by atoms with van der Waals surface area (Å²) in [6, 6.07) is -0.809. The van der Waals surface area contributed by atoms with Crippen molar-refractivity contribution in [2.45, 2.75) is 51.0 Å². The Bertz CT molecular complexity index is 179. The van der Waals surface area contributed by atoms with E-state index < -0.39 is 12.0 Å².